The summed E-state index contributed by atoms with van der Waals surface area (Å²) in [5.41, 5.74) is 3.18. The molecule has 0 spiro atoms. The number of rotatable bonds is 4. The van der Waals surface area contributed by atoms with Gasteiger partial charge in [-0.3, -0.25) is 0 Å². The number of nitrogens with one attached hydrogen (secondary N) is 1. The van der Waals surface area contributed by atoms with Gasteiger partial charge in [0.05, 0.1) is 17.5 Å². The number of aliphatic imine (C=N–C) groups is 1. The molecule has 2 N–H and O–H groups in total. The number of aromatic hydroxyl groups is 1. The maximum Gasteiger partial charge on any atom is 0.237 e. The van der Waals surface area contributed by atoms with Crippen LogP contribution in [-0.4, -0.2) is 43.2 Å². The summed E-state index contributed by atoms with van der Waals surface area (Å²) in [5, 5.41) is 12.9. The summed E-state index contributed by atoms with van der Waals surface area (Å²) in [6, 6.07) is 14.8. The molecule has 3 rings (SSSR count). The predicted molar refractivity (Wildman–Crippen MR) is 111 cm³/mol. The molecule has 0 aromatic heterocycles. The number of benzene rings is 2. The van der Waals surface area contributed by atoms with Crippen molar-refractivity contribution in [3.63, 3.8) is 0 Å². The number of ether oxygens (including phenoxy) is 2. The third kappa shape index (κ3) is 4.91. The molecule has 1 aliphatic heterocycles. The highest BCUT2D eigenvalue weighted by Gasteiger charge is 2.23. The zero-order valence-electron chi connectivity index (χ0n) is 16.6. The second-order valence-corrected chi connectivity index (χ2v) is 7.00. The van der Waals surface area contributed by atoms with E-state index in [-0.39, 0.29) is 11.9 Å². The summed E-state index contributed by atoms with van der Waals surface area (Å²) in [5.74, 6) is 0.647. The molecule has 0 fully saturated rings. The van der Waals surface area contributed by atoms with Gasteiger partial charge in [-0.05, 0) is 39.2 Å². The lowest BCUT2D eigenvalue weighted by molar-refractivity contribution is -0.0178. The highest BCUT2D eigenvalue weighted by atomic mass is 16.5. The van der Waals surface area contributed by atoms with Gasteiger partial charge in [-0.25, -0.2) is 4.99 Å². The zero-order valence-corrected chi connectivity index (χ0v) is 16.6. The van der Waals surface area contributed by atoms with Gasteiger partial charge in [0.2, 0.25) is 5.90 Å². The standard InChI is InChI=1S/C22H27N3O3/c1-15-21(27-14-13-25(3)4)24-20-8-6-5-7-19(20)16(2)28-22(23-15)17-9-11-18(26)12-10-17/h5-12,16,22-23,26H,1,13-14H2,2-4H3/b24-21+. The quantitative estimate of drug-likeness (QED) is 0.841. The van der Waals surface area contributed by atoms with E-state index in [1.165, 1.54) is 0 Å². The lowest BCUT2D eigenvalue weighted by Gasteiger charge is -2.25. The minimum Gasteiger partial charge on any atom is -0.508 e. The van der Waals surface area contributed by atoms with Crippen LogP contribution in [0.1, 0.15) is 30.4 Å². The zero-order chi connectivity index (χ0) is 20.1. The Balaban J connectivity index is 1.95. The molecule has 2 unspecified atom stereocenters. The smallest absolute Gasteiger partial charge is 0.237 e. The number of hydrogen-bond donors (Lipinski definition) is 2. The molecular weight excluding hydrogens is 354 g/mol. The number of hydrogen-bond acceptors (Lipinski definition) is 6. The van der Waals surface area contributed by atoms with E-state index in [2.05, 4.69) is 11.9 Å². The normalized spacial score (nSPS) is 21.6. The van der Waals surface area contributed by atoms with Gasteiger partial charge in [0, 0.05) is 17.7 Å². The molecule has 0 saturated carbocycles. The van der Waals surface area contributed by atoms with Crippen molar-refractivity contribution < 1.29 is 14.6 Å². The molecule has 0 radical (unpaired) electrons. The summed E-state index contributed by atoms with van der Waals surface area (Å²) in [4.78, 5) is 6.77. The van der Waals surface area contributed by atoms with E-state index in [0.29, 0.717) is 18.2 Å². The average molecular weight is 381 g/mol. The molecule has 148 valence electrons. The first-order chi connectivity index (χ1) is 13.4. The first-order valence-electron chi connectivity index (χ1n) is 9.29. The Kier molecular flexibility index (Phi) is 6.34. The summed E-state index contributed by atoms with van der Waals surface area (Å²) in [7, 11) is 3.99. The van der Waals surface area contributed by atoms with E-state index in [1.54, 1.807) is 12.1 Å². The van der Waals surface area contributed by atoms with Crippen molar-refractivity contribution in [1.82, 2.24) is 10.2 Å². The van der Waals surface area contributed by atoms with Crippen LogP contribution in [0.3, 0.4) is 0 Å². The fourth-order valence-electron chi connectivity index (χ4n) is 2.90. The SMILES string of the molecule is C=C1NC(c2ccc(O)cc2)OC(C)c2ccccc2/N=C\1OCCN(C)C. The van der Waals surface area contributed by atoms with Crippen molar-refractivity contribution in [2.45, 2.75) is 19.3 Å². The van der Waals surface area contributed by atoms with Gasteiger partial charge in [0.1, 0.15) is 12.4 Å². The van der Waals surface area contributed by atoms with Crippen molar-refractivity contribution >= 4 is 11.6 Å². The summed E-state index contributed by atoms with van der Waals surface area (Å²) >= 11 is 0. The van der Waals surface area contributed by atoms with E-state index in [0.717, 1.165) is 23.4 Å². The highest BCUT2D eigenvalue weighted by molar-refractivity contribution is 5.94. The van der Waals surface area contributed by atoms with Gasteiger partial charge >= 0.3 is 0 Å². The largest absolute Gasteiger partial charge is 0.508 e. The maximum absolute atomic E-state index is 9.60. The van der Waals surface area contributed by atoms with Crippen LogP contribution in [0.15, 0.2) is 65.8 Å². The molecule has 6 heteroatoms. The number of fused-ring (bicyclic) bond motifs is 1. The lowest BCUT2D eigenvalue weighted by Crippen LogP contribution is -2.29. The molecule has 2 atom stereocenters. The van der Waals surface area contributed by atoms with Crippen LogP contribution in [0.4, 0.5) is 5.69 Å². The number of para-hydroxylation sites is 1. The molecule has 2 aromatic carbocycles. The summed E-state index contributed by atoms with van der Waals surface area (Å²) in [6.07, 6.45) is -0.669. The summed E-state index contributed by atoms with van der Waals surface area (Å²) in [6.45, 7) is 7.37. The molecule has 0 amide bonds. The van der Waals surface area contributed by atoms with E-state index in [9.17, 15) is 5.11 Å². The van der Waals surface area contributed by atoms with Gasteiger partial charge in [0.25, 0.3) is 0 Å². The minimum absolute atomic E-state index is 0.207. The van der Waals surface area contributed by atoms with Gasteiger partial charge in [0.15, 0.2) is 6.23 Å². The molecule has 6 nitrogen and oxygen atoms in total. The second kappa shape index (κ2) is 8.91. The topological polar surface area (TPSA) is 66.3 Å². The molecule has 28 heavy (non-hydrogen) atoms. The van der Waals surface area contributed by atoms with E-state index < -0.39 is 6.23 Å². The van der Waals surface area contributed by atoms with Crippen LogP contribution in [0.2, 0.25) is 0 Å². The molecule has 1 heterocycles. The fourth-order valence-corrected chi connectivity index (χ4v) is 2.90. The van der Waals surface area contributed by atoms with Crippen molar-refractivity contribution in [1.29, 1.82) is 0 Å². The van der Waals surface area contributed by atoms with Crippen molar-refractivity contribution in [3.8, 4) is 5.75 Å². The average Bonchev–Trinajstić information content (AvgIpc) is 2.71. The molecule has 0 aliphatic carbocycles. The van der Waals surface area contributed by atoms with Crippen LogP contribution in [0.5, 0.6) is 5.75 Å². The van der Waals surface area contributed by atoms with Gasteiger partial charge < -0.3 is 24.8 Å². The van der Waals surface area contributed by atoms with E-state index in [1.807, 2.05) is 62.3 Å². The highest BCUT2D eigenvalue weighted by Crippen LogP contribution is 2.33. The Morgan fingerprint density at radius 3 is 2.61 bits per heavy atom. The van der Waals surface area contributed by atoms with Crippen LogP contribution in [-0.2, 0) is 9.47 Å². The van der Waals surface area contributed by atoms with Crippen molar-refractivity contribution in [3.05, 3.63) is 71.9 Å². The number of nitrogens with zero attached hydrogens (tertiary/aromatic N) is 2. The first-order valence-corrected chi connectivity index (χ1v) is 9.29. The monoisotopic (exact) mass is 381 g/mol. The van der Waals surface area contributed by atoms with E-state index >= 15 is 0 Å². The third-order valence-electron chi connectivity index (χ3n) is 4.47. The number of likely N-dealkylation sites (N-methyl/N-ethyl adjacent to an activating group) is 1. The van der Waals surface area contributed by atoms with Crippen LogP contribution < -0.4 is 5.32 Å². The Labute approximate surface area is 166 Å². The Morgan fingerprint density at radius 2 is 1.89 bits per heavy atom. The molecule has 1 aliphatic rings. The summed E-state index contributed by atoms with van der Waals surface area (Å²) < 4.78 is 12.2. The predicted octanol–water partition coefficient (Wildman–Crippen LogP) is 3.89. The second-order valence-electron chi connectivity index (χ2n) is 7.00. The van der Waals surface area contributed by atoms with Crippen LogP contribution >= 0.6 is 0 Å². The van der Waals surface area contributed by atoms with Gasteiger partial charge in [-0.2, -0.15) is 0 Å². The number of phenols is 1. The number of phenolic OH excluding ortho intramolecular Hbond substituents is 1. The van der Waals surface area contributed by atoms with Gasteiger partial charge in [-0.1, -0.05) is 36.9 Å². The fraction of sp³-hybridized carbons (Fsp3) is 0.318. The van der Waals surface area contributed by atoms with Crippen molar-refractivity contribution in [2.75, 3.05) is 27.2 Å². The van der Waals surface area contributed by atoms with Crippen LogP contribution in [0, 0.1) is 0 Å². The minimum atomic E-state index is -0.461. The van der Waals surface area contributed by atoms with E-state index in [4.69, 9.17) is 14.5 Å². The Morgan fingerprint density at radius 1 is 1.18 bits per heavy atom. The van der Waals surface area contributed by atoms with Gasteiger partial charge in [-0.15, -0.1) is 0 Å². The lowest BCUT2D eigenvalue weighted by atomic mass is 10.1. The molecule has 0 bridgehead atoms. The molecule has 0 saturated heterocycles. The Bertz CT molecular complexity index is 846. The Hall–Kier alpha value is -2.83. The molecular formula is C22H27N3O3. The molecule has 2 aromatic rings. The van der Waals surface area contributed by atoms with Crippen LogP contribution in [0.25, 0.3) is 0 Å². The van der Waals surface area contributed by atoms with Crippen molar-refractivity contribution in [2.24, 2.45) is 4.99 Å². The maximum atomic E-state index is 9.60. The third-order valence-corrected chi connectivity index (χ3v) is 4.47. The first kappa shape index (κ1) is 19.9.